The van der Waals surface area contributed by atoms with Crippen molar-refractivity contribution in [2.24, 2.45) is 7.05 Å². The van der Waals surface area contributed by atoms with Crippen LogP contribution in [0.5, 0.6) is 0 Å². The van der Waals surface area contributed by atoms with Crippen LogP contribution in [0.25, 0.3) is 0 Å². The minimum atomic E-state index is 0.541. The summed E-state index contributed by atoms with van der Waals surface area (Å²) in [6, 6.07) is 0. The Morgan fingerprint density at radius 1 is 1.89 bits per heavy atom. The van der Waals surface area contributed by atoms with Crippen molar-refractivity contribution in [3.8, 4) is 0 Å². The molecule has 4 heteroatoms. The van der Waals surface area contributed by atoms with E-state index in [0.717, 1.165) is 5.69 Å². The summed E-state index contributed by atoms with van der Waals surface area (Å²) in [7, 11) is 1.86. The van der Waals surface area contributed by atoms with Gasteiger partial charge in [0, 0.05) is 19.0 Å². The number of thiol groups is 1. The summed E-state index contributed by atoms with van der Waals surface area (Å²) in [5.41, 5.74) is 6.35. The van der Waals surface area contributed by atoms with Crippen LogP contribution in [0.2, 0.25) is 0 Å². The van der Waals surface area contributed by atoms with E-state index in [0.29, 0.717) is 11.7 Å². The molecule has 0 aliphatic carbocycles. The summed E-state index contributed by atoms with van der Waals surface area (Å²) in [6.45, 7) is 0. The number of aromatic nitrogens is 2. The fourth-order valence-corrected chi connectivity index (χ4v) is 0.773. The van der Waals surface area contributed by atoms with E-state index in [9.17, 15) is 0 Å². The van der Waals surface area contributed by atoms with E-state index in [1.165, 1.54) is 0 Å². The number of imidazole rings is 1. The molecule has 1 aromatic heterocycles. The van der Waals surface area contributed by atoms with E-state index >= 15 is 0 Å². The molecule has 0 fully saturated rings. The van der Waals surface area contributed by atoms with E-state index in [-0.39, 0.29) is 0 Å². The van der Waals surface area contributed by atoms with Gasteiger partial charge < -0.3 is 10.3 Å². The van der Waals surface area contributed by atoms with Crippen molar-refractivity contribution in [1.29, 1.82) is 0 Å². The predicted octanol–water partition coefficient (Wildman–Crippen LogP) is 0.432. The molecule has 2 N–H and O–H groups in total. The van der Waals surface area contributed by atoms with E-state index < -0.39 is 0 Å². The molecular formula is C5H9N3S. The Balaban J connectivity index is 2.98. The summed E-state index contributed by atoms with van der Waals surface area (Å²) < 4.78 is 1.77. The first kappa shape index (κ1) is 6.48. The van der Waals surface area contributed by atoms with Gasteiger partial charge in [-0.05, 0) is 0 Å². The molecule has 0 saturated carbocycles. The second-order valence-electron chi connectivity index (χ2n) is 1.86. The number of hydrogen-bond donors (Lipinski definition) is 2. The van der Waals surface area contributed by atoms with Crippen LogP contribution in [-0.4, -0.2) is 9.55 Å². The molecule has 0 amide bonds. The van der Waals surface area contributed by atoms with Gasteiger partial charge in [0.15, 0.2) is 5.95 Å². The second-order valence-corrected chi connectivity index (χ2v) is 2.18. The largest absolute Gasteiger partial charge is 0.369 e. The third-order valence-electron chi connectivity index (χ3n) is 1.12. The summed E-state index contributed by atoms with van der Waals surface area (Å²) >= 11 is 4.04. The number of nitrogen functional groups attached to an aromatic ring is 1. The molecule has 9 heavy (non-hydrogen) atoms. The van der Waals surface area contributed by atoms with Crippen molar-refractivity contribution >= 4 is 18.6 Å². The van der Waals surface area contributed by atoms with Gasteiger partial charge >= 0.3 is 0 Å². The summed E-state index contributed by atoms with van der Waals surface area (Å²) in [5, 5.41) is 0. The highest BCUT2D eigenvalue weighted by atomic mass is 32.1. The quantitative estimate of drug-likeness (QED) is 0.560. The molecule has 0 aliphatic rings. The minimum absolute atomic E-state index is 0.541. The molecule has 1 heterocycles. The molecule has 0 atom stereocenters. The lowest BCUT2D eigenvalue weighted by Gasteiger charge is -1.87. The number of nitrogens with two attached hydrogens (primary N) is 1. The van der Waals surface area contributed by atoms with Crippen molar-refractivity contribution in [3.05, 3.63) is 11.9 Å². The normalized spacial score (nSPS) is 10.0. The smallest absolute Gasteiger partial charge is 0.200 e. The third-order valence-corrected chi connectivity index (χ3v) is 1.45. The van der Waals surface area contributed by atoms with Crippen LogP contribution >= 0.6 is 12.6 Å². The molecule has 0 aromatic carbocycles. The second kappa shape index (κ2) is 2.31. The van der Waals surface area contributed by atoms with Crippen LogP contribution < -0.4 is 5.73 Å². The molecule has 0 saturated heterocycles. The van der Waals surface area contributed by atoms with E-state index in [2.05, 4.69) is 17.6 Å². The number of nitrogens with zero attached hydrogens (tertiary/aromatic N) is 2. The topological polar surface area (TPSA) is 43.8 Å². The van der Waals surface area contributed by atoms with Crippen molar-refractivity contribution in [1.82, 2.24) is 9.55 Å². The van der Waals surface area contributed by atoms with Gasteiger partial charge in [-0.3, -0.25) is 0 Å². The molecular weight excluding hydrogens is 134 g/mol. The Kier molecular flexibility index (Phi) is 1.66. The lowest BCUT2D eigenvalue weighted by molar-refractivity contribution is 0.929. The van der Waals surface area contributed by atoms with Crippen molar-refractivity contribution < 1.29 is 0 Å². The molecule has 0 aliphatic heterocycles. The Morgan fingerprint density at radius 2 is 2.56 bits per heavy atom. The van der Waals surface area contributed by atoms with Crippen LogP contribution in [-0.2, 0) is 12.8 Å². The van der Waals surface area contributed by atoms with Crippen LogP contribution in [0.1, 0.15) is 5.69 Å². The zero-order chi connectivity index (χ0) is 6.85. The average Bonchev–Trinajstić information content (AvgIpc) is 2.13. The van der Waals surface area contributed by atoms with Crippen LogP contribution in [0, 0.1) is 0 Å². The summed E-state index contributed by atoms with van der Waals surface area (Å²) in [5.74, 6) is 1.18. The Hall–Kier alpha value is -0.640. The predicted molar refractivity (Wildman–Crippen MR) is 40.3 cm³/mol. The Bertz CT molecular complexity index is 186. The first-order chi connectivity index (χ1) is 4.24. The molecule has 3 nitrogen and oxygen atoms in total. The lowest BCUT2D eigenvalue weighted by atomic mass is 10.6. The minimum Gasteiger partial charge on any atom is -0.369 e. The highest BCUT2D eigenvalue weighted by molar-refractivity contribution is 7.79. The van der Waals surface area contributed by atoms with Crippen molar-refractivity contribution in [3.63, 3.8) is 0 Å². The van der Waals surface area contributed by atoms with Gasteiger partial charge in [0.1, 0.15) is 0 Å². The molecule has 50 valence electrons. The zero-order valence-electron chi connectivity index (χ0n) is 5.20. The first-order valence-electron chi connectivity index (χ1n) is 2.62. The Morgan fingerprint density at radius 3 is 2.78 bits per heavy atom. The van der Waals surface area contributed by atoms with E-state index in [1.54, 1.807) is 4.57 Å². The number of rotatable bonds is 1. The van der Waals surface area contributed by atoms with Crippen molar-refractivity contribution in [2.75, 3.05) is 5.73 Å². The number of anilines is 1. The molecule has 0 unspecified atom stereocenters. The van der Waals surface area contributed by atoms with Gasteiger partial charge in [0.2, 0.25) is 0 Å². The van der Waals surface area contributed by atoms with E-state index in [1.807, 2.05) is 13.2 Å². The monoisotopic (exact) mass is 143 g/mol. The fourth-order valence-electron chi connectivity index (χ4n) is 0.621. The number of aryl methyl sites for hydroxylation is 1. The third kappa shape index (κ3) is 1.18. The maximum atomic E-state index is 5.43. The molecule has 1 rings (SSSR count). The first-order valence-corrected chi connectivity index (χ1v) is 3.26. The van der Waals surface area contributed by atoms with Crippen LogP contribution in [0.15, 0.2) is 6.20 Å². The zero-order valence-corrected chi connectivity index (χ0v) is 6.10. The van der Waals surface area contributed by atoms with Gasteiger partial charge in [-0.1, -0.05) is 0 Å². The van der Waals surface area contributed by atoms with Gasteiger partial charge in [-0.25, -0.2) is 4.98 Å². The summed E-state index contributed by atoms with van der Waals surface area (Å²) in [6.07, 6.45) is 1.86. The standard InChI is InChI=1S/C5H9N3S/c1-8-2-4(3-9)7-5(8)6/h2,9H,3H2,1H3,(H2,6,7). The highest BCUT2D eigenvalue weighted by Gasteiger charge is 1.96. The van der Waals surface area contributed by atoms with Crippen LogP contribution in [0.3, 0.4) is 0 Å². The van der Waals surface area contributed by atoms with Gasteiger partial charge in [0.25, 0.3) is 0 Å². The number of hydrogen-bond acceptors (Lipinski definition) is 3. The SMILES string of the molecule is Cn1cc(CS)nc1N. The van der Waals surface area contributed by atoms with E-state index in [4.69, 9.17) is 5.73 Å². The van der Waals surface area contributed by atoms with Gasteiger partial charge in [-0.2, -0.15) is 12.6 Å². The molecule has 0 radical (unpaired) electrons. The van der Waals surface area contributed by atoms with Crippen LogP contribution in [0.4, 0.5) is 5.95 Å². The van der Waals surface area contributed by atoms with Gasteiger partial charge in [-0.15, -0.1) is 0 Å². The maximum absolute atomic E-state index is 5.43. The highest BCUT2D eigenvalue weighted by Crippen LogP contribution is 2.03. The Labute approximate surface area is 59.3 Å². The molecule has 0 bridgehead atoms. The van der Waals surface area contributed by atoms with Gasteiger partial charge in [0.05, 0.1) is 5.69 Å². The molecule has 0 spiro atoms. The lowest BCUT2D eigenvalue weighted by Crippen LogP contribution is -1.94. The fraction of sp³-hybridized carbons (Fsp3) is 0.400. The van der Waals surface area contributed by atoms with Crippen molar-refractivity contribution in [2.45, 2.75) is 5.75 Å². The summed E-state index contributed by atoms with van der Waals surface area (Å²) in [4.78, 5) is 3.99. The average molecular weight is 143 g/mol. The maximum Gasteiger partial charge on any atom is 0.200 e. The molecule has 1 aromatic rings.